The summed E-state index contributed by atoms with van der Waals surface area (Å²) in [7, 11) is -3.81. The van der Waals surface area contributed by atoms with Crippen molar-refractivity contribution in [3.05, 3.63) is 59.1 Å². The van der Waals surface area contributed by atoms with Crippen LogP contribution in [0.5, 0.6) is 0 Å². The number of nitrogens with two attached hydrogens (primary N) is 1. The molecular formula is C13H11ClN2O3S. The summed E-state index contributed by atoms with van der Waals surface area (Å²) in [5.41, 5.74) is 0.622. The monoisotopic (exact) mass is 310 g/mol. The number of hydrogen-bond donors (Lipinski definition) is 2. The topological polar surface area (TPSA) is 89.3 Å². The normalized spacial score (nSPS) is 11.1. The summed E-state index contributed by atoms with van der Waals surface area (Å²) < 4.78 is 22.5. The Morgan fingerprint density at radius 1 is 1.10 bits per heavy atom. The van der Waals surface area contributed by atoms with Gasteiger partial charge in [-0.15, -0.1) is 0 Å². The number of primary sulfonamides is 1. The average Bonchev–Trinajstić information content (AvgIpc) is 2.38. The molecule has 0 bridgehead atoms. The molecule has 2 rings (SSSR count). The van der Waals surface area contributed by atoms with Gasteiger partial charge in [-0.2, -0.15) is 0 Å². The third kappa shape index (κ3) is 3.36. The number of anilines is 1. The number of amides is 1. The minimum absolute atomic E-state index is 0.0746. The van der Waals surface area contributed by atoms with Gasteiger partial charge in [0.2, 0.25) is 10.0 Å². The van der Waals surface area contributed by atoms with Crippen LogP contribution in [0.25, 0.3) is 0 Å². The average molecular weight is 311 g/mol. The highest BCUT2D eigenvalue weighted by atomic mass is 35.5. The van der Waals surface area contributed by atoms with Gasteiger partial charge in [0, 0.05) is 5.69 Å². The molecule has 104 valence electrons. The molecule has 7 heteroatoms. The van der Waals surface area contributed by atoms with Crippen LogP contribution in [-0.4, -0.2) is 14.3 Å². The Labute approximate surface area is 121 Å². The molecule has 0 aliphatic carbocycles. The Hall–Kier alpha value is -1.89. The van der Waals surface area contributed by atoms with E-state index in [1.54, 1.807) is 30.3 Å². The third-order valence-electron chi connectivity index (χ3n) is 2.54. The summed E-state index contributed by atoms with van der Waals surface area (Å²) in [6.45, 7) is 0. The third-order valence-corrected chi connectivity index (χ3v) is 3.78. The minimum atomic E-state index is -3.81. The Kier molecular flexibility index (Phi) is 4.08. The second-order valence-corrected chi connectivity index (χ2v) is 5.98. The number of benzene rings is 2. The van der Waals surface area contributed by atoms with Crippen LogP contribution < -0.4 is 10.5 Å². The highest BCUT2D eigenvalue weighted by Crippen LogP contribution is 2.18. The lowest BCUT2D eigenvalue weighted by Gasteiger charge is -2.07. The maximum absolute atomic E-state index is 12.0. The Bertz CT molecular complexity index is 760. The van der Waals surface area contributed by atoms with Gasteiger partial charge < -0.3 is 5.32 Å². The number of carbonyl (C=O) groups excluding carboxylic acids is 1. The standard InChI is InChI=1S/C13H11ClN2O3S/c14-12-7-2-1-6-11(12)13(17)16-9-4-3-5-10(8-9)20(15,18)19/h1-8H,(H,16,17)(H2,15,18,19). The second kappa shape index (κ2) is 5.62. The van der Waals surface area contributed by atoms with Gasteiger partial charge in [-0.3, -0.25) is 4.79 Å². The van der Waals surface area contributed by atoms with E-state index in [1.165, 1.54) is 18.2 Å². The quantitative estimate of drug-likeness (QED) is 0.911. The molecule has 0 fully saturated rings. The zero-order valence-electron chi connectivity index (χ0n) is 10.2. The fourth-order valence-corrected chi connectivity index (χ4v) is 2.38. The number of halogens is 1. The number of hydrogen-bond acceptors (Lipinski definition) is 3. The summed E-state index contributed by atoms with van der Waals surface area (Å²) in [6, 6.07) is 12.2. The first-order chi connectivity index (χ1) is 9.38. The first kappa shape index (κ1) is 14.5. The van der Waals surface area contributed by atoms with Crippen molar-refractivity contribution in [2.45, 2.75) is 4.90 Å². The highest BCUT2D eigenvalue weighted by Gasteiger charge is 2.12. The van der Waals surface area contributed by atoms with Crippen LogP contribution in [0.15, 0.2) is 53.4 Å². The molecule has 0 radical (unpaired) electrons. The van der Waals surface area contributed by atoms with Crippen molar-refractivity contribution in [2.75, 3.05) is 5.32 Å². The number of sulfonamides is 1. The number of rotatable bonds is 3. The Morgan fingerprint density at radius 2 is 1.80 bits per heavy atom. The minimum Gasteiger partial charge on any atom is -0.322 e. The van der Waals surface area contributed by atoms with Crippen LogP contribution in [-0.2, 0) is 10.0 Å². The molecular weight excluding hydrogens is 300 g/mol. The smallest absolute Gasteiger partial charge is 0.257 e. The molecule has 20 heavy (non-hydrogen) atoms. The summed E-state index contributed by atoms with van der Waals surface area (Å²) >= 11 is 5.91. The summed E-state index contributed by atoms with van der Waals surface area (Å²) in [5, 5.41) is 7.91. The molecule has 0 aliphatic rings. The van der Waals surface area contributed by atoms with Crippen molar-refractivity contribution in [3.63, 3.8) is 0 Å². The molecule has 5 nitrogen and oxygen atoms in total. The molecule has 1 amide bonds. The molecule has 0 spiro atoms. The maximum Gasteiger partial charge on any atom is 0.257 e. The van der Waals surface area contributed by atoms with Crippen molar-refractivity contribution in [2.24, 2.45) is 5.14 Å². The van der Waals surface area contributed by atoms with Crippen molar-refractivity contribution < 1.29 is 13.2 Å². The predicted molar refractivity (Wildman–Crippen MR) is 77.2 cm³/mol. The second-order valence-electron chi connectivity index (χ2n) is 4.01. The highest BCUT2D eigenvalue weighted by molar-refractivity contribution is 7.89. The lowest BCUT2D eigenvalue weighted by Crippen LogP contribution is -2.15. The van der Waals surface area contributed by atoms with Gasteiger partial charge in [-0.25, -0.2) is 13.6 Å². The van der Waals surface area contributed by atoms with Crippen LogP contribution in [0.1, 0.15) is 10.4 Å². The van der Waals surface area contributed by atoms with E-state index in [1.807, 2.05) is 0 Å². The van der Waals surface area contributed by atoms with Crippen molar-refractivity contribution in [3.8, 4) is 0 Å². The maximum atomic E-state index is 12.0. The molecule has 3 N–H and O–H groups in total. The molecule has 2 aromatic rings. The van der Waals surface area contributed by atoms with Crippen molar-refractivity contribution in [1.29, 1.82) is 0 Å². The lowest BCUT2D eigenvalue weighted by molar-refractivity contribution is 0.102. The summed E-state index contributed by atoms with van der Waals surface area (Å²) in [6.07, 6.45) is 0. The molecule has 2 aromatic carbocycles. The van der Waals surface area contributed by atoms with Gasteiger partial charge in [0.1, 0.15) is 0 Å². The molecule has 0 heterocycles. The van der Waals surface area contributed by atoms with Gasteiger partial charge in [-0.05, 0) is 30.3 Å². The number of carbonyl (C=O) groups is 1. The van der Waals surface area contributed by atoms with E-state index < -0.39 is 15.9 Å². The zero-order chi connectivity index (χ0) is 14.8. The fraction of sp³-hybridized carbons (Fsp3) is 0. The molecule has 0 saturated heterocycles. The largest absolute Gasteiger partial charge is 0.322 e. The SMILES string of the molecule is NS(=O)(=O)c1cccc(NC(=O)c2ccccc2Cl)c1. The van der Waals surface area contributed by atoms with Crippen molar-refractivity contribution >= 4 is 33.2 Å². The molecule has 0 aliphatic heterocycles. The molecule has 0 atom stereocenters. The van der Waals surface area contributed by atoms with E-state index in [2.05, 4.69) is 5.32 Å². The van der Waals surface area contributed by atoms with Gasteiger partial charge in [0.15, 0.2) is 0 Å². The lowest BCUT2D eigenvalue weighted by atomic mass is 10.2. The van der Waals surface area contributed by atoms with Crippen LogP contribution in [0.4, 0.5) is 5.69 Å². The van der Waals surface area contributed by atoms with Crippen LogP contribution in [0.2, 0.25) is 5.02 Å². The van der Waals surface area contributed by atoms with Gasteiger partial charge in [0.25, 0.3) is 5.91 Å². The number of nitrogens with one attached hydrogen (secondary N) is 1. The van der Waals surface area contributed by atoms with Gasteiger partial charge in [-0.1, -0.05) is 29.8 Å². The first-order valence-corrected chi connectivity index (χ1v) is 7.49. The van der Waals surface area contributed by atoms with E-state index in [-0.39, 0.29) is 4.90 Å². The summed E-state index contributed by atoms with van der Waals surface area (Å²) in [5.74, 6) is -0.429. The summed E-state index contributed by atoms with van der Waals surface area (Å²) in [4.78, 5) is 11.9. The van der Waals surface area contributed by atoms with Crippen LogP contribution >= 0.6 is 11.6 Å². The molecule has 0 saturated carbocycles. The van der Waals surface area contributed by atoms with Crippen LogP contribution in [0.3, 0.4) is 0 Å². The van der Waals surface area contributed by atoms with E-state index in [4.69, 9.17) is 16.7 Å². The Morgan fingerprint density at radius 3 is 2.45 bits per heavy atom. The van der Waals surface area contributed by atoms with E-state index in [0.717, 1.165) is 0 Å². The Balaban J connectivity index is 2.27. The van der Waals surface area contributed by atoms with Gasteiger partial charge in [0.05, 0.1) is 15.5 Å². The van der Waals surface area contributed by atoms with E-state index in [0.29, 0.717) is 16.3 Å². The van der Waals surface area contributed by atoms with Crippen molar-refractivity contribution in [1.82, 2.24) is 0 Å². The van der Waals surface area contributed by atoms with E-state index >= 15 is 0 Å². The van der Waals surface area contributed by atoms with E-state index in [9.17, 15) is 13.2 Å². The zero-order valence-corrected chi connectivity index (χ0v) is 11.8. The fourth-order valence-electron chi connectivity index (χ4n) is 1.59. The van der Waals surface area contributed by atoms with Crippen LogP contribution in [0, 0.1) is 0 Å². The molecule has 0 unspecified atom stereocenters. The first-order valence-electron chi connectivity index (χ1n) is 5.56. The molecule has 0 aromatic heterocycles. The predicted octanol–water partition coefficient (Wildman–Crippen LogP) is 2.24. The van der Waals surface area contributed by atoms with Gasteiger partial charge >= 0.3 is 0 Å².